The average molecular weight is 172 g/mol. The van der Waals surface area contributed by atoms with E-state index in [-0.39, 0.29) is 29.7 Å². The summed E-state index contributed by atoms with van der Waals surface area (Å²) in [5.74, 6) is 0.0293. The maximum absolute atomic E-state index is 10.1. The van der Waals surface area contributed by atoms with Crippen LogP contribution in [0, 0.1) is 5.92 Å². The largest absolute Gasteiger partial charge is 0.281 e. The predicted octanol–water partition coefficient (Wildman–Crippen LogP) is 1.80. The summed E-state index contributed by atoms with van der Waals surface area (Å²) in [6.07, 6.45) is 0.836. The Balaban J connectivity index is 0. The van der Waals surface area contributed by atoms with Gasteiger partial charge in [0.25, 0.3) is 0 Å². The molecule has 0 amide bonds. The molecule has 1 nitrogen and oxygen atoms in total. The van der Waals surface area contributed by atoms with Gasteiger partial charge in [-0.3, -0.25) is 4.79 Å². The molecular formula is C5H9ClOV. The van der Waals surface area contributed by atoms with Gasteiger partial charge in [-0.15, -0.1) is 0 Å². The van der Waals surface area contributed by atoms with Crippen molar-refractivity contribution >= 4 is 16.8 Å². The molecular weight excluding hydrogens is 162 g/mol. The van der Waals surface area contributed by atoms with Crippen LogP contribution in [0.1, 0.15) is 20.3 Å². The van der Waals surface area contributed by atoms with E-state index in [2.05, 4.69) is 0 Å². The van der Waals surface area contributed by atoms with Gasteiger partial charge in [0.05, 0.1) is 0 Å². The maximum Gasteiger partial charge on any atom is 0.224 e. The van der Waals surface area contributed by atoms with Gasteiger partial charge >= 0.3 is 0 Å². The molecule has 0 N–H and O–H groups in total. The molecule has 0 fully saturated rings. The molecule has 0 bridgehead atoms. The molecule has 0 aliphatic rings. The van der Waals surface area contributed by atoms with E-state index >= 15 is 0 Å². The van der Waals surface area contributed by atoms with E-state index in [4.69, 9.17) is 11.6 Å². The van der Waals surface area contributed by atoms with Crippen LogP contribution in [0.15, 0.2) is 0 Å². The Hall–Kier alpha value is 0.544. The number of hydrogen-bond donors (Lipinski definition) is 0. The molecule has 0 aliphatic carbocycles. The first kappa shape index (κ1) is 11.4. The topological polar surface area (TPSA) is 17.1 Å². The second-order valence-electron chi connectivity index (χ2n) is 1.61. The van der Waals surface area contributed by atoms with Crippen LogP contribution < -0.4 is 0 Å². The quantitative estimate of drug-likeness (QED) is 0.579. The fourth-order valence-corrected chi connectivity index (χ4v) is 0.315. The predicted molar refractivity (Wildman–Crippen MR) is 30.3 cm³/mol. The zero-order chi connectivity index (χ0) is 5.86. The Morgan fingerprint density at radius 1 is 1.75 bits per heavy atom. The molecule has 0 aliphatic heterocycles. The molecule has 1 atom stereocenters. The Labute approximate surface area is 66.7 Å². The first-order chi connectivity index (χ1) is 3.18. The standard InChI is InChI=1S/C5H9ClO.V/c1-3-4(2)5(6)7;/h4H,3H2,1-2H3;. The molecule has 8 heavy (non-hydrogen) atoms. The van der Waals surface area contributed by atoms with Crippen molar-refractivity contribution in [1.29, 1.82) is 0 Å². The van der Waals surface area contributed by atoms with Gasteiger partial charge in [0, 0.05) is 24.5 Å². The van der Waals surface area contributed by atoms with Crippen LogP contribution in [0.2, 0.25) is 0 Å². The van der Waals surface area contributed by atoms with Gasteiger partial charge in [0.1, 0.15) is 0 Å². The van der Waals surface area contributed by atoms with Crippen molar-refractivity contribution in [2.75, 3.05) is 0 Å². The van der Waals surface area contributed by atoms with Gasteiger partial charge in [-0.1, -0.05) is 13.8 Å². The normalized spacial score (nSPS) is 11.9. The van der Waals surface area contributed by atoms with E-state index in [0.717, 1.165) is 6.42 Å². The number of halogens is 1. The van der Waals surface area contributed by atoms with Gasteiger partial charge in [0.2, 0.25) is 5.24 Å². The van der Waals surface area contributed by atoms with E-state index in [1.807, 2.05) is 13.8 Å². The Kier molecular flexibility index (Phi) is 8.06. The summed E-state index contributed by atoms with van der Waals surface area (Å²) in [4.78, 5) is 10.1. The van der Waals surface area contributed by atoms with E-state index in [0.29, 0.717) is 0 Å². The summed E-state index contributed by atoms with van der Waals surface area (Å²) in [7, 11) is 0. The summed E-state index contributed by atoms with van der Waals surface area (Å²) in [6.45, 7) is 3.75. The molecule has 1 unspecified atom stereocenters. The van der Waals surface area contributed by atoms with Gasteiger partial charge in [0.15, 0.2) is 0 Å². The second kappa shape index (κ2) is 5.68. The van der Waals surface area contributed by atoms with Crippen molar-refractivity contribution in [2.24, 2.45) is 5.92 Å². The molecule has 47 valence electrons. The van der Waals surface area contributed by atoms with Crippen LogP contribution in [0.25, 0.3) is 0 Å². The van der Waals surface area contributed by atoms with Crippen molar-refractivity contribution in [1.82, 2.24) is 0 Å². The van der Waals surface area contributed by atoms with Gasteiger partial charge < -0.3 is 0 Å². The summed E-state index contributed by atoms with van der Waals surface area (Å²) in [5, 5.41) is -0.234. The molecule has 0 spiro atoms. The second-order valence-corrected chi connectivity index (χ2v) is 1.99. The van der Waals surface area contributed by atoms with Crippen LogP contribution >= 0.6 is 11.6 Å². The van der Waals surface area contributed by atoms with Crippen molar-refractivity contribution in [2.45, 2.75) is 20.3 Å². The van der Waals surface area contributed by atoms with Gasteiger partial charge in [-0.2, -0.15) is 0 Å². The molecule has 0 saturated heterocycles. The van der Waals surface area contributed by atoms with Crippen LogP contribution in [0.4, 0.5) is 0 Å². The molecule has 0 heterocycles. The number of hydrogen-bond acceptors (Lipinski definition) is 1. The number of carbonyl (C=O) groups excluding carboxylic acids is 1. The van der Waals surface area contributed by atoms with Crippen molar-refractivity contribution in [3.05, 3.63) is 0 Å². The molecule has 0 rings (SSSR count). The number of rotatable bonds is 2. The van der Waals surface area contributed by atoms with E-state index in [9.17, 15) is 4.79 Å². The zero-order valence-corrected chi connectivity index (χ0v) is 7.17. The maximum atomic E-state index is 10.1. The van der Waals surface area contributed by atoms with Gasteiger partial charge in [-0.05, 0) is 18.0 Å². The molecule has 0 aromatic heterocycles. The monoisotopic (exact) mass is 171 g/mol. The average Bonchev–Trinajstić information content (AvgIpc) is 1.65. The zero-order valence-electron chi connectivity index (χ0n) is 5.02. The Bertz CT molecular complexity index is 74.8. The Morgan fingerprint density at radius 2 is 2.12 bits per heavy atom. The fraction of sp³-hybridized carbons (Fsp3) is 0.800. The van der Waals surface area contributed by atoms with Crippen LogP contribution in [-0.2, 0) is 23.4 Å². The summed E-state index contributed by atoms with van der Waals surface area (Å²) < 4.78 is 0. The summed E-state index contributed by atoms with van der Waals surface area (Å²) in [5.41, 5.74) is 0. The third-order valence-corrected chi connectivity index (χ3v) is 1.37. The smallest absolute Gasteiger partial charge is 0.224 e. The minimum Gasteiger partial charge on any atom is -0.281 e. The minimum atomic E-state index is -0.234. The van der Waals surface area contributed by atoms with E-state index in [1.165, 1.54) is 0 Å². The molecule has 3 heteroatoms. The molecule has 0 aromatic carbocycles. The first-order valence-corrected chi connectivity index (χ1v) is 2.75. The first-order valence-electron chi connectivity index (χ1n) is 2.37. The third-order valence-electron chi connectivity index (χ3n) is 1.000. The Morgan fingerprint density at radius 3 is 2.12 bits per heavy atom. The van der Waals surface area contributed by atoms with Crippen molar-refractivity contribution < 1.29 is 23.4 Å². The van der Waals surface area contributed by atoms with Crippen LogP contribution in [-0.4, -0.2) is 5.24 Å². The fourth-order valence-electron chi connectivity index (χ4n) is 0.160. The van der Waals surface area contributed by atoms with Crippen molar-refractivity contribution in [3.63, 3.8) is 0 Å². The van der Waals surface area contributed by atoms with Crippen LogP contribution in [0.5, 0.6) is 0 Å². The minimum absolute atomic E-state index is 0. The third kappa shape index (κ3) is 4.70. The molecule has 1 radical (unpaired) electrons. The molecule has 0 aromatic rings. The molecule has 0 saturated carbocycles. The number of carbonyl (C=O) groups is 1. The van der Waals surface area contributed by atoms with Gasteiger partial charge in [-0.25, -0.2) is 0 Å². The van der Waals surface area contributed by atoms with E-state index in [1.54, 1.807) is 0 Å². The van der Waals surface area contributed by atoms with E-state index < -0.39 is 0 Å². The van der Waals surface area contributed by atoms with Crippen molar-refractivity contribution in [3.8, 4) is 0 Å². The SMILES string of the molecule is CCC(C)C(=O)Cl.[V]. The van der Waals surface area contributed by atoms with Crippen LogP contribution in [0.3, 0.4) is 0 Å². The summed E-state index contributed by atoms with van der Waals surface area (Å²) >= 11 is 5.09. The summed E-state index contributed by atoms with van der Waals surface area (Å²) in [6, 6.07) is 0.